The van der Waals surface area contributed by atoms with Gasteiger partial charge in [-0.2, -0.15) is 0 Å². The van der Waals surface area contributed by atoms with E-state index in [-0.39, 0.29) is 6.09 Å². The first-order chi connectivity index (χ1) is 12.7. The number of aromatic nitrogens is 3. The van der Waals surface area contributed by atoms with E-state index in [1.807, 2.05) is 48.3 Å². The van der Waals surface area contributed by atoms with Crippen LogP contribution >= 0.6 is 11.8 Å². The van der Waals surface area contributed by atoms with Crippen molar-refractivity contribution in [1.82, 2.24) is 19.4 Å². The number of carbonyl (C=O) groups excluding carboxylic acids is 1. The highest BCUT2D eigenvalue weighted by atomic mass is 32.2. The summed E-state index contributed by atoms with van der Waals surface area (Å²) in [5, 5.41) is 2.53. The first kappa shape index (κ1) is 16.9. The molecule has 4 rings (SSSR count). The molecular formula is C19H20N4O2S. The number of hydrogen-bond donors (Lipinski definition) is 0. The Balaban J connectivity index is 1.33. The zero-order valence-corrected chi connectivity index (χ0v) is 15.4. The molecule has 0 unspecified atom stereocenters. The molecule has 6 nitrogen and oxygen atoms in total. The van der Waals surface area contributed by atoms with Crippen LogP contribution in [0.25, 0.3) is 10.9 Å². The van der Waals surface area contributed by atoms with E-state index in [4.69, 9.17) is 4.74 Å². The van der Waals surface area contributed by atoms with Gasteiger partial charge in [0.05, 0.1) is 5.52 Å². The third-order valence-corrected chi connectivity index (χ3v) is 5.94. The van der Waals surface area contributed by atoms with Crippen molar-refractivity contribution in [3.05, 3.63) is 48.9 Å². The number of benzene rings is 1. The van der Waals surface area contributed by atoms with Gasteiger partial charge in [-0.3, -0.25) is 4.98 Å². The lowest BCUT2D eigenvalue weighted by Gasteiger charge is -2.30. The number of fused-ring (bicyclic) bond motifs is 1. The Morgan fingerprint density at radius 3 is 2.81 bits per heavy atom. The summed E-state index contributed by atoms with van der Waals surface area (Å²) in [7, 11) is 2.00. The molecule has 0 saturated carbocycles. The van der Waals surface area contributed by atoms with Gasteiger partial charge < -0.3 is 14.2 Å². The number of rotatable bonds is 3. The normalized spacial score (nSPS) is 15.3. The molecule has 3 aromatic rings. The van der Waals surface area contributed by atoms with Crippen LogP contribution in [0.15, 0.2) is 54.1 Å². The number of aryl methyl sites for hydroxylation is 1. The fourth-order valence-electron chi connectivity index (χ4n) is 3.05. The smallest absolute Gasteiger partial charge is 0.410 e. The average Bonchev–Trinajstić information content (AvgIpc) is 3.07. The number of hydrogen-bond acceptors (Lipinski definition) is 5. The molecular weight excluding hydrogens is 348 g/mol. The van der Waals surface area contributed by atoms with Crippen molar-refractivity contribution in [3.63, 3.8) is 0 Å². The number of nitrogens with zero attached hydrogens (tertiary/aromatic N) is 4. The molecule has 3 heterocycles. The van der Waals surface area contributed by atoms with E-state index < -0.39 is 0 Å². The maximum atomic E-state index is 12.4. The van der Waals surface area contributed by atoms with Gasteiger partial charge in [0.2, 0.25) is 0 Å². The monoisotopic (exact) mass is 368 g/mol. The summed E-state index contributed by atoms with van der Waals surface area (Å²) >= 11 is 1.78. The molecule has 1 saturated heterocycles. The van der Waals surface area contributed by atoms with Gasteiger partial charge in [-0.15, -0.1) is 0 Å². The van der Waals surface area contributed by atoms with Crippen molar-refractivity contribution in [2.24, 2.45) is 7.05 Å². The molecule has 1 fully saturated rings. The number of thioether (sulfide) groups is 1. The highest BCUT2D eigenvalue weighted by Crippen LogP contribution is 2.29. The van der Waals surface area contributed by atoms with E-state index >= 15 is 0 Å². The van der Waals surface area contributed by atoms with Crippen LogP contribution in [0.5, 0.6) is 5.75 Å². The second-order valence-electron chi connectivity index (χ2n) is 6.35. The van der Waals surface area contributed by atoms with E-state index in [0.717, 1.165) is 28.9 Å². The van der Waals surface area contributed by atoms with Gasteiger partial charge >= 0.3 is 6.09 Å². The number of piperidine rings is 1. The van der Waals surface area contributed by atoms with Gasteiger partial charge in [0.15, 0.2) is 5.16 Å². The molecule has 7 heteroatoms. The minimum atomic E-state index is -0.291. The van der Waals surface area contributed by atoms with Crippen LogP contribution in [0.2, 0.25) is 0 Å². The SMILES string of the molecule is Cn1ccnc1SC1CCN(C(=O)Oc2ccc3cccnc3c2)CC1. The highest BCUT2D eigenvalue weighted by molar-refractivity contribution is 7.99. The number of carbonyl (C=O) groups is 1. The van der Waals surface area contributed by atoms with Crippen molar-refractivity contribution in [2.45, 2.75) is 23.2 Å². The number of pyridine rings is 1. The average molecular weight is 368 g/mol. The van der Waals surface area contributed by atoms with Gasteiger partial charge in [-0.05, 0) is 31.0 Å². The van der Waals surface area contributed by atoms with Crippen LogP contribution in [-0.2, 0) is 7.05 Å². The summed E-state index contributed by atoms with van der Waals surface area (Å²) in [5.41, 5.74) is 0.822. The van der Waals surface area contributed by atoms with Gasteiger partial charge in [0, 0.05) is 55.4 Å². The fraction of sp³-hybridized carbons (Fsp3) is 0.316. The molecule has 1 aromatic carbocycles. The van der Waals surface area contributed by atoms with Crippen molar-refractivity contribution < 1.29 is 9.53 Å². The molecule has 0 bridgehead atoms. The number of imidazole rings is 1. The van der Waals surface area contributed by atoms with Crippen molar-refractivity contribution >= 4 is 28.8 Å². The van der Waals surface area contributed by atoms with Crippen molar-refractivity contribution in [3.8, 4) is 5.75 Å². The lowest BCUT2D eigenvalue weighted by Crippen LogP contribution is -2.40. The summed E-state index contributed by atoms with van der Waals surface area (Å²) < 4.78 is 7.57. The van der Waals surface area contributed by atoms with Crippen molar-refractivity contribution in [2.75, 3.05) is 13.1 Å². The zero-order chi connectivity index (χ0) is 17.9. The van der Waals surface area contributed by atoms with Gasteiger partial charge in [0.1, 0.15) is 5.75 Å². The Hall–Kier alpha value is -2.54. The predicted molar refractivity (Wildman–Crippen MR) is 101 cm³/mol. The first-order valence-electron chi connectivity index (χ1n) is 8.64. The van der Waals surface area contributed by atoms with Crippen molar-refractivity contribution in [1.29, 1.82) is 0 Å². The Labute approximate surface area is 156 Å². The predicted octanol–water partition coefficient (Wildman–Crippen LogP) is 3.72. The molecule has 0 atom stereocenters. The second kappa shape index (κ2) is 7.37. The topological polar surface area (TPSA) is 60.2 Å². The van der Waals surface area contributed by atoms with Gasteiger partial charge in [-0.25, -0.2) is 9.78 Å². The molecule has 2 aromatic heterocycles. The number of ether oxygens (including phenoxy) is 1. The fourth-order valence-corrected chi connectivity index (χ4v) is 4.14. The van der Waals surface area contributed by atoms with Gasteiger partial charge in [0.25, 0.3) is 0 Å². The third-order valence-electron chi connectivity index (χ3n) is 4.53. The molecule has 1 amide bonds. The highest BCUT2D eigenvalue weighted by Gasteiger charge is 2.25. The number of amides is 1. The van der Waals surface area contributed by atoms with Crippen LogP contribution in [-0.4, -0.2) is 43.9 Å². The third kappa shape index (κ3) is 3.67. The summed E-state index contributed by atoms with van der Waals surface area (Å²) in [4.78, 5) is 22.9. The second-order valence-corrected chi connectivity index (χ2v) is 7.62. The largest absolute Gasteiger partial charge is 0.415 e. The first-order valence-corrected chi connectivity index (χ1v) is 9.52. The molecule has 26 heavy (non-hydrogen) atoms. The van der Waals surface area contributed by atoms with Crippen LogP contribution in [0.1, 0.15) is 12.8 Å². The molecule has 0 N–H and O–H groups in total. The number of likely N-dealkylation sites (tertiary alicyclic amines) is 1. The standard InChI is InChI=1S/C19H20N4O2S/c1-22-12-9-21-18(22)26-16-6-10-23(11-7-16)19(24)25-15-5-4-14-3-2-8-20-17(14)13-15/h2-5,8-9,12-13,16H,6-7,10-11H2,1H3. The Bertz CT molecular complexity index is 919. The van der Waals surface area contributed by atoms with Crippen LogP contribution < -0.4 is 4.74 Å². The Morgan fingerprint density at radius 2 is 2.04 bits per heavy atom. The van der Waals surface area contributed by atoms with E-state index in [0.29, 0.717) is 24.1 Å². The quantitative estimate of drug-likeness (QED) is 0.705. The Morgan fingerprint density at radius 1 is 1.19 bits per heavy atom. The molecule has 0 radical (unpaired) electrons. The zero-order valence-electron chi connectivity index (χ0n) is 14.5. The molecule has 134 valence electrons. The van der Waals surface area contributed by atoms with E-state index in [1.165, 1.54) is 0 Å². The van der Waals surface area contributed by atoms with E-state index in [1.54, 1.807) is 28.9 Å². The summed E-state index contributed by atoms with van der Waals surface area (Å²) in [6.45, 7) is 1.40. The summed E-state index contributed by atoms with van der Waals surface area (Å²) in [5.74, 6) is 0.533. The molecule has 1 aliphatic rings. The summed E-state index contributed by atoms with van der Waals surface area (Å²) in [6.07, 6.45) is 7.08. The van der Waals surface area contributed by atoms with E-state index in [2.05, 4.69) is 9.97 Å². The Kier molecular flexibility index (Phi) is 4.79. The lowest BCUT2D eigenvalue weighted by molar-refractivity contribution is 0.143. The maximum absolute atomic E-state index is 12.4. The molecule has 1 aliphatic heterocycles. The van der Waals surface area contributed by atoms with Gasteiger partial charge in [-0.1, -0.05) is 17.8 Å². The van der Waals surface area contributed by atoms with Crippen LogP contribution in [0.3, 0.4) is 0 Å². The van der Waals surface area contributed by atoms with Crippen LogP contribution in [0.4, 0.5) is 4.79 Å². The molecule has 0 aliphatic carbocycles. The van der Waals surface area contributed by atoms with E-state index in [9.17, 15) is 4.79 Å². The molecule has 0 spiro atoms. The minimum Gasteiger partial charge on any atom is -0.410 e. The maximum Gasteiger partial charge on any atom is 0.415 e. The van der Waals surface area contributed by atoms with Crippen LogP contribution in [0, 0.1) is 0 Å². The minimum absolute atomic E-state index is 0.291. The summed E-state index contributed by atoms with van der Waals surface area (Å²) in [6, 6.07) is 9.41. The lowest BCUT2D eigenvalue weighted by atomic mass is 10.1.